The molecule has 2 amide bonds. The largest absolute Gasteiger partial charge is 0.479 e. The van der Waals surface area contributed by atoms with Gasteiger partial charge in [-0.05, 0) is 0 Å². The molecule has 0 spiro atoms. The minimum atomic E-state index is -6.25. The van der Waals surface area contributed by atoms with Crippen molar-refractivity contribution in [2.75, 3.05) is 26.4 Å². The average Bonchev–Trinajstić information content (AvgIpc) is 1.04. The minimum absolute atomic E-state index is 0.575. The van der Waals surface area contributed by atoms with Crippen LogP contribution in [0.3, 0.4) is 0 Å². The van der Waals surface area contributed by atoms with Crippen LogP contribution in [0.2, 0.25) is 0 Å². The lowest BCUT2D eigenvalue weighted by Gasteiger charge is -2.51. The van der Waals surface area contributed by atoms with Gasteiger partial charge >= 0.3 is 80.3 Å². The summed E-state index contributed by atoms with van der Waals surface area (Å²) in [6, 6.07) is -5.35. The maximum absolute atomic E-state index is 13.4. The molecule has 0 unspecified atom stereocenters. The Balaban J connectivity index is 1.46. The molecule has 99 heavy (non-hydrogen) atoms. The molecule has 6 aliphatic heterocycles. The van der Waals surface area contributed by atoms with Gasteiger partial charge in [0, 0.05) is 13.8 Å². The van der Waals surface area contributed by atoms with Crippen molar-refractivity contribution in [3.05, 3.63) is 0 Å². The molecule has 29 atom stereocenters. The number of hydrogen-bond donors (Lipinski definition) is 19. The van der Waals surface area contributed by atoms with Crippen LogP contribution in [0.5, 0.6) is 0 Å². The number of aliphatic hydroxyl groups excluding tert-OH is 8. The molecular weight excluding hydrogens is 1520 g/mol. The first-order chi connectivity index (χ1) is 45.4. The van der Waals surface area contributed by atoms with Crippen LogP contribution in [0.4, 0.5) is 0 Å². The molecule has 53 nitrogen and oxygen atoms in total. The Bertz CT molecular complexity index is 3570. The molecule has 0 radical (unpaired) electrons. The molecule has 0 aromatic rings. The Hall–Kier alpha value is -4.19. The molecule has 6 heterocycles. The lowest BCUT2D eigenvalue weighted by atomic mass is 9.93. The van der Waals surface area contributed by atoms with Gasteiger partial charge < -0.3 is 119 Å². The quantitative estimate of drug-likeness (QED) is 0.0287. The van der Waals surface area contributed by atoms with E-state index in [1.54, 1.807) is 0 Å². The van der Waals surface area contributed by atoms with E-state index in [1.807, 2.05) is 10.6 Å². The van der Waals surface area contributed by atoms with Gasteiger partial charge in [0.25, 0.3) is 0 Å². The van der Waals surface area contributed by atoms with Crippen molar-refractivity contribution in [3.8, 4) is 0 Å². The van der Waals surface area contributed by atoms with Crippen LogP contribution in [0.1, 0.15) is 13.8 Å². The third kappa shape index (κ3) is 21.9. The molecule has 0 aromatic carbocycles. The maximum Gasteiger partial charge on any atom is 0.397 e. The lowest BCUT2D eigenvalue weighted by molar-refractivity contribution is -0.371. The minimum Gasteiger partial charge on any atom is -0.479 e. The van der Waals surface area contributed by atoms with Gasteiger partial charge in [0.2, 0.25) is 11.8 Å². The zero-order chi connectivity index (χ0) is 74.9. The number of aliphatic carboxylic acids is 3. The number of aliphatic hydroxyl groups is 8. The Morgan fingerprint density at radius 2 is 0.556 bits per heavy atom. The predicted molar refractivity (Wildman–Crippen MR) is 285 cm³/mol. The molecule has 6 aliphatic rings. The lowest BCUT2D eigenvalue weighted by Crippen LogP contribution is -2.72. The van der Waals surface area contributed by atoms with Crippen LogP contribution in [-0.4, -0.2) is 368 Å². The smallest absolute Gasteiger partial charge is 0.397 e. The number of carbonyl (C=O) groups is 5. The van der Waals surface area contributed by atoms with Gasteiger partial charge in [0.05, 0.1) is 26.4 Å². The van der Waals surface area contributed by atoms with Crippen LogP contribution in [0, 0.1) is 0 Å². The highest BCUT2D eigenvalue weighted by Crippen LogP contribution is 2.41. The van der Waals surface area contributed by atoms with Crippen LogP contribution < -0.4 is 10.6 Å². The summed E-state index contributed by atoms with van der Waals surface area (Å²) in [4.78, 5) is 64.6. The molecular formula is C40H62N2O51S6. The Kier molecular flexibility index (Phi) is 27.8. The summed E-state index contributed by atoms with van der Waals surface area (Å²) >= 11 is 0. The topological polar surface area (TPSA) is 815 Å². The van der Waals surface area contributed by atoms with Crippen LogP contribution in [0.15, 0.2) is 0 Å². The van der Waals surface area contributed by atoms with E-state index in [2.05, 4.69) is 25.1 Å². The Morgan fingerprint density at radius 1 is 0.313 bits per heavy atom. The molecule has 0 saturated carbocycles. The van der Waals surface area contributed by atoms with E-state index in [4.69, 9.17) is 52.1 Å². The summed E-state index contributed by atoms with van der Waals surface area (Å²) in [6.45, 7) is -4.66. The van der Waals surface area contributed by atoms with Crippen molar-refractivity contribution in [1.82, 2.24) is 10.6 Å². The van der Waals surface area contributed by atoms with Gasteiger partial charge in [0.15, 0.2) is 68.1 Å². The van der Waals surface area contributed by atoms with Crippen LogP contribution in [0.25, 0.3) is 0 Å². The third-order valence-corrected chi connectivity index (χ3v) is 17.1. The number of nitrogens with one attached hydrogen (secondary N) is 2. The Labute approximate surface area is 554 Å². The maximum atomic E-state index is 13.4. The number of carboxylic acids is 3. The fourth-order valence-electron chi connectivity index (χ4n) is 10.7. The van der Waals surface area contributed by atoms with E-state index in [0.717, 1.165) is 0 Å². The standard InChI is InChI=1S/C40H62N2O51S6/c1-7(47)41-13-23(81-38-28(91-97(68,69)70)16(50)15(49)27(85-38)33(53)54)21(89-95(62,63)64)11(5-45)78-36(13)84-26-18(52)30(93-99(74,75)76)40(87-32(26)35(57)58)82-24-14(42-8(2)48)37(79-12(6-46)22(24)90-96(65,66)67)83-25-17(51)29(92-98(71,72)73)39(86-31(25)34(55)56)80-19-9(3-43)77-10(4-44)20(19)88-94(59,60)61/h9-32,36-40,43-46,49-52H,3-6H2,1-2H3,(H,41,47)(H,42,48)(H,53,54)(H,55,56)(H,57,58)(H,59,60,61)(H,62,63,64)(H,65,66,67)(H,68,69,70)(H,71,72,73)(H,74,75,76)/t9-,10-,11-,12-,13-,14-,15+,16+,17+,18+,19-,20+,21+,22+,23-,24-,25+,26+,27-,28-,29-,30-,31-,32-,36+,37+,38-,39-,40-/m1/s1. The van der Waals surface area contributed by atoms with Gasteiger partial charge in [-0.25, -0.2) is 39.5 Å². The number of rotatable bonds is 31. The highest BCUT2D eigenvalue weighted by Gasteiger charge is 2.63. The second-order valence-electron chi connectivity index (χ2n) is 21.2. The monoisotopic (exact) mass is 1580 g/mol. The number of carboxylic acid groups (broad SMARTS) is 3. The van der Waals surface area contributed by atoms with Gasteiger partial charge in [0.1, 0.15) is 110 Å². The van der Waals surface area contributed by atoms with Crippen molar-refractivity contribution >= 4 is 92.1 Å². The summed E-state index contributed by atoms with van der Waals surface area (Å²) in [7, 11) is -35.8. The number of hydrogen-bond acceptors (Lipinski definition) is 42. The summed E-state index contributed by atoms with van der Waals surface area (Å²) < 4.78 is 294. The van der Waals surface area contributed by atoms with E-state index < -0.39 is 296 Å². The van der Waals surface area contributed by atoms with Crippen molar-refractivity contribution in [1.29, 1.82) is 0 Å². The molecule has 0 aromatic heterocycles. The zero-order valence-electron chi connectivity index (χ0n) is 49.0. The second-order valence-corrected chi connectivity index (χ2v) is 27.5. The van der Waals surface area contributed by atoms with E-state index in [1.165, 1.54) is 0 Å². The molecule has 6 fully saturated rings. The summed E-state index contributed by atoms with van der Waals surface area (Å²) in [6.07, 6.45) is -75.5. The van der Waals surface area contributed by atoms with Crippen molar-refractivity contribution in [3.63, 3.8) is 0 Å². The van der Waals surface area contributed by atoms with Crippen LogP contribution in [-0.2, 0) is 164 Å². The molecule has 19 N–H and O–H groups in total. The highest BCUT2D eigenvalue weighted by atomic mass is 32.3. The first-order valence-electron chi connectivity index (χ1n) is 26.9. The molecule has 0 bridgehead atoms. The number of amides is 2. The number of ether oxygens (including phenoxy) is 11. The van der Waals surface area contributed by atoms with Crippen molar-refractivity contribution in [2.45, 2.75) is 192 Å². The van der Waals surface area contributed by atoms with E-state index in [0.29, 0.717) is 13.8 Å². The molecule has 0 aliphatic carbocycles. The van der Waals surface area contributed by atoms with Gasteiger partial charge in [-0.3, -0.25) is 36.9 Å². The number of carbonyl (C=O) groups excluding carboxylic acids is 2. The zero-order valence-corrected chi connectivity index (χ0v) is 53.9. The molecule has 6 saturated heterocycles. The predicted octanol–water partition coefficient (Wildman–Crippen LogP) is -13.9. The van der Waals surface area contributed by atoms with Crippen molar-refractivity contribution in [2.24, 2.45) is 0 Å². The average molecular weight is 1580 g/mol. The summed E-state index contributed by atoms with van der Waals surface area (Å²) in [5.74, 6) is -9.83. The third-order valence-electron chi connectivity index (χ3n) is 14.3. The van der Waals surface area contributed by atoms with Gasteiger partial charge in [-0.15, -0.1) is 0 Å². The summed E-state index contributed by atoms with van der Waals surface area (Å²) in [5, 5.41) is 121. The van der Waals surface area contributed by atoms with E-state index >= 15 is 0 Å². The van der Waals surface area contributed by atoms with Crippen LogP contribution >= 0.6 is 0 Å². The highest BCUT2D eigenvalue weighted by molar-refractivity contribution is 7.82. The second kappa shape index (κ2) is 32.9. The van der Waals surface area contributed by atoms with E-state index in [-0.39, 0.29) is 0 Å². The fourth-order valence-corrected chi connectivity index (χ4v) is 13.7. The fraction of sp³-hybridized carbons (Fsp3) is 0.875. The summed E-state index contributed by atoms with van der Waals surface area (Å²) in [5.41, 5.74) is 0. The SMILES string of the molecule is CC(=O)N[C@H]1[C@H](O[C@H]2[C@H](O)[C@@H](OS(=O)(=O)O)[C@H](O[C@H]3[C@@H](OS(=O)(=O)O)[C@@H](CO)O[C@@H]3CO)O[C@H]2C(=O)O)O[C@H](CO)[C@H](OS(=O)(=O)O)[C@@H]1O[C@@H]1O[C@@H](C(=O)O)[C@@H](O[C@@H]2O[C@H](CO)[C@H](OS(=O)(=O)O)[C@H](O[C@@H]3O[C@@H](C(=O)O)[C@@H](O)[C@H](O)[C@H]3OS(=O)(=O)O)[C@H]2NC(C)=O)[C@H](O)[C@H]1OS(=O)(=O)O. The molecule has 574 valence electrons. The van der Waals surface area contributed by atoms with Gasteiger partial charge in [-0.1, -0.05) is 0 Å². The Morgan fingerprint density at radius 3 is 0.838 bits per heavy atom. The van der Waals surface area contributed by atoms with E-state index in [9.17, 15) is 158 Å². The first kappa shape index (κ1) is 83.8. The van der Waals surface area contributed by atoms with Crippen molar-refractivity contribution < 1.29 is 235 Å². The van der Waals surface area contributed by atoms with Gasteiger partial charge in [-0.2, -0.15) is 50.5 Å². The normalized spacial score (nSPS) is 39.8. The molecule has 59 heteroatoms. The first-order valence-corrected chi connectivity index (χ1v) is 35.1. The molecule has 6 rings (SSSR count).